The summed E-state index contributed by atoms with van der Waals surface area (Å²) < 4.78 is 76.9. The monoisotopic (exact) mass is 850 g/mol. The summed E-state index contributed by atoms with van der Waals surface area (Å²) in [5, 5.41) is 2.75. The number of nitrogens with zero attached hydrogens (tertiary/aromatic N) is 1. The second kappa shape index (κ2) is 30.1. The summed E-state index contributed by atoms with van der Waals surface area (Å²) in [6, 6.07) is 14.7. The van der Waals surface area contributed by atoms with Gasteiger partial charge >= 0.3 is 0 Å². The highest BCUT2D eigenvalue weighted by Crippen LogP contribution is 2.25. The number of para-hydroxylation sites is 1. The minimum absolute atomic E-state index is 0.0156. The highest BCUT2D eigenvalue weighted by molar-refractivity contribution is 7.87. The summed E-state index contributed by atoms with van der Waals surface area (Å²) in [5.74, 6) is 4.28. The van der Waals surface area contributed by atoms with Crippen molar-refractivity contribution in [2.45, 2.75) is 24.6 Å². The van der Waals surface area contributed by atoms with Crippen LogP contribution in [-0.2, 0) is 68.9 Å². The Hall–Kier alpha value is -4.04. The maximum Gasteiger partial charge on any atom is 0.278 e. The number of rotatable bonds is 33. The van der Waals surface area contributed by atoms with Gasteiger partial charge in [0.05, 0.1) is 118 Å². The number of ether oxygens (including phenoxy) is 8. The molecule has 0 aliphatic carbocycles. The summed E-state index contributed by atoms with van der Waals surface area (Å²) in [6.45, 7) is 6.19. The zero-order valence-electron chi connectivity index (χ0n) is 33.4. The first-order chi connectivity index (χ1) is 28.7. The SMILES string of the molecule is NCCOCCOCCOCCOCCOCCOCCOCCOCCC(=O)NCC(C(=O)NCCC(=O)N1Cc2ccccc2C#Cc2ccccc21)S(=O)(=O)O. The molecule has 2 aromatic rings. The Bertz CT molecular complexity index is 1700. The molecular formula is C40H58N4O14S. The van der Waals surface area contributed by atoms with Crippen LogP contribution in [0.2, 0.25) is 0 Å². The average molecular weight is 851 g/mol. The van der Waals surface area contributed by atoms with Crippen molar-refractivity contribution in [1.82, 2.24) is 10.6 Å². The van der Waals surface area contributed by atoms with E-state index < -0.39 is 33.7 Å². The first kappa shape index (κ1) is 49.3. The first-order valence-corrected chi connectivity index (χ1v) is 21.0. The molecule has 0 saturated carbocycles. The molecule has 0 spiro atoms. The smallest absolute Gasteiger partial charge is 0.278 e. The third kappa shape index (κ3) is 21.2. The number of fused-ring (bicyclic) bond motifs is 2. The molecule has 19 heteroatoms. The number of carbonyl (C=O) groups is 3. The lowest BCUT2D eigenvalue weighted by Crippen LogP contribution is -2.47. The minimum Gasteiger partial charge on any atom is -0.379 e. The zero-order chi connectivity index (χ0) is 42.4. The Labute approximate surface area is 346 Å². The number of anilines is 1. The highest BCUT2D eigenvalue weighted by Gasteiger charge is 2.31. The topological polar surface area (TPSA) is 233 Å². The molecule has 3 amide bonds. The van der Waals surface area contributed by atoms with E-state index in [4.69, 9.17) is 43.6 Å². The Balaban J connectivity index is 1.17. The van der Waals surface area contributed by atoms with Gasteiger partial charge in [-0.2, -0.15) is 8.42 Å². The Morgan fingerprint density at radius 1 is 0.644 bits per heavy atom. The molecule has 0 radical (unpaired) electrons. The van der Waals surface area contributed by atoms with Crippen LogP contribution < -0.4 is 21.3 Å². The molecule has 1 unspecified atom stereocenters. The van der Waals surface area contributed by atoms with Gasteiger partial charge in [-0.3, -0.25) is 18.9 Å². The van der Waals surface area contributed by atoms with E-state index in [1.165, 1.54) is 0 Å². The molecular weight excluding hydrogens is 793 g/mol. The van der Waals surface area contributed by atoms with E-state index in [2.05, 4.69) is 22.5 Å². The number of benzene rings is 2. The fraction of sp³-hybridized carbons (Fsp3) is 0.575. The molecule has 5 N–H and O–H groups in total. The van der Waals surface area contributed by atoms with Gasteiger partial charge in [-0.05, 0) is 23.8 Å². The van der Waals surface area contributed by atoms with Crippen molar-refractivity contribution in [2.24, 2.45) is 5.73 Å². The van der Waals surface area contributed by atoms with Crippen LogP contribution in [0.4, 0.5) is 5.69 Å². The summed E-state index contributed by atoms with van der Waals surface area (Å²) >= 11 is 0. The van der Waals surface area contributed by atoms with E-state index in [1.807, 2.05) is 36.4 Å². The summed E-state index contributed by atoms with van der Waals surface area (Å²) in [5.41, 5.74) is 8.25. The second-order valence-electron chi connectivity index (χ2n) is 12.7. The predicted molar refractivity (Wildman–Crippen MR) is 216 cm³/mol. The number of nitrogens with one attached hydrogen (secondary N) is 2. The van der Waals surface area contributed by atoms with Crippen molar-refractivity contribution < 1.29 is 65.2 Å². The van der Waals surface area contributed by atoms with Crippen molar-refractivity contribution in [3.05, 3.63) is 65.2 Å². The van der Waals surface area contributed by atoms with Crippen LogP contribution in [0, 0.1) is 11.8 Å². The molecule has 59 heavy (non-hydrogen) atoms. The largest absolute Gasteiger partial charge is 0.379 e. The molecule has 1 aliphatic rings. The average Bonchev–Trinajstić information content (AvgIpc) is 3.21. The molecule has 1 aliphatic heterocycles. The molecule has 18 nitrogen and oxygen atoms in total. The quantitative estimate of drug-likeness (QED) is 0.0430. The van der Waals surface area contributed by atoms with Crippen LogP contribution in [0.5, 0.6) is 0 Å². The zero-order valence-corrected chi connectivity index (χ0v) is 34.3. The van der Waals surface area contributed by atoms with E-state index >= 15 is 0 Å². The van der Waals surface area contributed by atoms with Gasteiger partial charge < -0.3 is 59.2 Å². The molecule has 0 fully saturated rings. The van der Waals surface area contributed by atoms with Gasteiger partial charge in [0.25, 0.3) is 10.1 Å². The van der Waals surface area contributed by atoms with Gasteiger partial charge in [-0.25, -0.2) is 0 Å². The molecule has 3 rings (SSSR count). The van der Waals surface area contributed by atoms with Gasteiger partial charge in [0, 0.05) is 43.6 Å². The molecule has 1 heterocycles. The lowest BCUT2D eigenvalue weighted by atomic mass is 10.0. The van der Waals surface area contributed by atoms with Crippen molar-refractivity contribution in [3.63, 3.8) is 0 Å². The highest BCUT2D eigenvalue weighted by atomic mass is 32.2. The van der Waals surface area contributed by atoms with Crippen LogP contribution in [-0.4, -0.2) is 161 Å². The van der Waals surface area contributed by atoms with Gasteiger partial charge in [0.2, 0.25) is 17.7 Å². The lowest BCUT2D eigenvalue weighted by molar-refractivity contribution is -0.122. The number of carbonyl (C=O) groups excluding carboxylic acids is 3. The van der Waals surface area contributed by atoms with Crippen molar-refractivity contribution in [2.75, 3.05) is 130 Å². The van der Waals surface area contributed by atoms with Crippen molar-refractivity contribution in [1.29, 1.82) is 0 Å². The standard InChI is InChI=1S/C40H58N4O14S/c41-13-16-52-18-20-54-22-24-56-26-28-58-30-29-57-27-25-55-23-21-53-19-17-51-15-12-38(45)43-31-37(59(48,49)50)40(47)42-14-11-39(46)44-32-35-7-2-1-5-33(35)9-10-34-6-3-4-8-36(34)44/h1-8,37H,11-32,41H2,(H,42,47)(H,43,45)(H,48,49,50). The van der Waals surface area contributed by atoms with E-state index in [-0.39, 0.29) is 51.7 Å². The third-order valence-electron chi connectivity index (χ3n) is 8.29. The minimum atomic E-state index is -4.89. The second-order valence-corrected chi connectivity index (χ2v) is 14.3. The molecule has 1 atom stereocenters. The third-order valence-corrected chi connectivity index (χ3v) is 9.39. The van der Waals surface area contributed by atoms with Crippen LogP contribution in [0.25, 0.3) is 0 Å². The predicted octanol–water partition coefficient (Wildman–Crippen LogP) is 0.294. The Morgan fingerprint density at radius 2 is 1.10 bits per heavy atom. The fourth-order valence-electron chi connectivity index (χ4n) is 5.27. The van der Waals surface area contributed by atoms with Crippen molar-refractivity contribution in [3.8, 4) is 11.8 Å². The summed E-state index contributed by atoms with van der Waals surface area (Å²) in [7, 11) is -4.89. The van der Waals surface area contributed by atoms with Crippen LogP contribution >= 0.6 is 0 Å². The Morgan fingerprint density at radius 3 is 1.63 bits per heavy atom. The van der Waals surface area contributed by atoms with Crippen LogP contribution in [0.1, 0.15) is 29.5 Å². The molecule has 0 bridgehead atoms. The summed E-state index contributed by atoms with van der Waals surface area (Å²) in [6.07, 6.45) is -0.284. The van der Waals surface area contributed by atoms with Gasteiger partial charge in [0.15, 0.2) is 5.25 Å². The van der Waals surface area contributed by atoms with E-state index in [0.717, 1.165) is 11.1 Å². The van der Waals surface area contributed by atoms with Crippen LogP contribution in [0.15, 0.2) is 48.5 Å². The van der Waals surface area contributed by atoms with Crippen LogP contribution in [0.3, 0.4) is 0 Å². The van der Waals surface area contributed by atoms with Gasteiger partial charge in [-0.1, -0.05) is 42.2 Å². The maximum atomic E-state index is 13.4. The number of hydrogen-bond acceptors (Lipinski definition) is 14. The molecule has 0 aromatic heterocycles. The normalized spacial score (nSPS) is 12.7. The molecule has 0 saturated heterocycles. The van der Waals surface area contributed by atoms with Crippen molar-refractivity contribution >= 4 is 33.5 Å². The number of hydrogen-bond donors (Lipinski definition) is 4. The summed E-state index contributed by atoms with van der Waals surface area (Å²) in [4.78, 5) is 40.1. The van der Waals surface area contributed by atoms with E-state index in [9.17, 15) is 27.4 Å². The number of nitrogens with two attached hydrogens (primary N) is 1. The fourth-order valence-corrected chi connectivity index (χ4v) is 5.91. The molecule has 2 aromatic carbocycles. The maximum absolute atomic E-state index is 13.4. The van der Waals surface area contributed by atoms with Gasteiger partial charge in [0.1, 0.15) is 0 Å². The Kier molecular flexibility index (Phi) is 25.1. The first-order valence-electron chi connectivity index (χ1n) is 19.5. The van der Waals surface area contributed by atoms with E-state index in [1.54, 1.807) is 17.0 Å². The van der Waals surface area contributed by atoms with E-state index in [0.29, 0.717) is 104 Å². The lowest BCUT2D eigenvalue weighted by Gasteiger charge is -2.26. The molecule has 328 valence electrons. The number of amides is 3. The van der Waals surface area contributed by atoms with Gasteiger partial charge in [-0.15, -0.1) is 0 Å².